The van der Waals surface area contributed by atoms with Gasteiger partial charge in [0.1, 0.15) is 10.7 Å². The number of aryl methyl sites for hydroxylation is 1. The Bertz CT molecular complexity index is 786. The maximum atomic E-state index is 4.61. The molecule has 3 aromatic rings. The second kappa shape index (κ2) is 6.82. The topological polar surface area (TPSA) is 82.3 Å². The first kappa shape index (κ1) is 15.5. The molecule has 0 amide bonds. The van der Waals surface area contributed by atoms with E-state index in [2.05, 4.69) is 37.4 Å². The van der Waals surface area contributed by atoms with Crippen molar-refractivity contribution < 1.29 is 0 Å². The SMILES string of the molecule is CCc1cc(Sc2nnnn2C(C)C)nc(-c2ccccn2)n1. The fraction of sp³-hybridized carbons (Fsp3) is 0.333. The lowest BCUT2D eigenvalue weighted by molar-refractivity contribution is 0.477. The van der Waals surface area contributed by atoms with Crippen LogP contribution in [-0.2, 0) is 6.42 Å². The molecular formula is C15H17N7S. The van der Waals surface area contributed by atoms with Gasteiger partial charge in [-0.05, 0) is 60.7 Å². The quantitative estimate of drug-likeness (QED) is 0.666. The van der Waals surface area contributed by atoms with E-state index in [1.54, 1.807) is 10.9 Å². The summed E-state index contributed by atoms with van der Waals surface area (Å²) in [5, 5.41) is 13.4. The van der Waals surface area contributed by atoms with E-state index in [1.165, 1.54) is 11.8 Å². The number of nitrogens with zero attached hydrogens (tertiary/aromatic N) is 7. The van der Waals surface area contributed by atoms with Gasteiger partial charge < -0.3 is 0 Å². The van der Waals surface area contributed by atoms with Crippen LogP contribution in [0, 0.1) is 0 Å². The van der Waals surface area contributed by atoms with Gasteiger partial charge in [-0.3, -0.25) is 4.98 Å². The van der Waals surface area contributed by atoms with Gasteiger partial charge in [-0.15, -0.1) is 5.10 Å². The lowest BCUT2D eigenvalue weighted by Crippen LogP contribution is -2.05. The molecule has 3 aromatic heterocycles. The second-order valence-corrected chi connectivity index (χ2v) is 6.18. The van der Waals surface area contributed by atoms with Crippen molar-refractivity contribution in [2.45, 2.75) is 43.4 Å². The zero-order valence-electron chi connectivity index (χ0n) is 13.2. The Morgan fingerprint density at radius 3 is 2.78 bits per heavy atom. The van der Waals surface area contributed by atoms with Crippen molar-refractivity contribution in [1.82, 2.24) is 35.2 Å². The molecule has 23 heavy (non-hydrogen) atoms. The Morgan fingerprint density at radius 1 is 1.22 bits per heavy atom. The highest BCUT2D eigenvalue weighted by Crippen LogP contribution is 2.27. The molecule has 8 heteroatoms. The molecule has 0 aliphatic rings. The number of tetrazole rings is 1. The van der Waals surface area contributed by atoms with E-state index >= 15 is 0 Å². The summed E-state index contributed by atoms with van der Waals surface area (Å²) in [7, 11) is 0. The number of hydrogen-bond donors (Lipinski definition) is 0. The molecule has 0 saturated heterocycles. The maximum absolute atomic E-state index is 4.61. The molecule has 0 bridgehead atoms. The van der Waals surface area contributed by atoms with Crippen molar-refractivity contribution in [3.8, 4) is 11.5 Å². The van der Waals surface area contributed by atoms with Crippen LogP contribution >= 0.6 is 11.8 Å². The zero-order chi connectivity index (χ0) is 16.2. The molecular weight excluding hydrogens is 310 g/mol. The molecule has 3 heterocycles. The van der Waals surface area contributed by atoms with Gasteiger partial charge in [0.25, 0.3) is 0 Å². The van der Waals surface area contributed by atoms with Crippen molar-refractivity contribution in [3.63, 3.8) is 0 Å². The first-order valence-corrected chi connectivity index (χ1v) is 8.24. The van der Waals surface area contributed by atoms with Gasteiger partial charge in [0.05, 0.1) is 6.04 Å². The molecule has 0 N–H and O–H groups in total. The van der Waals surface area contributed by atoms with Crippen LogP contribution in [0.1, 0.15) is 32.5 Å². The number of rotatable bonds is 5. The summed E-state index contributed by atoms with van der Waals surface area (Å²) in [5.41, 5.74) is 1.72. The van der Waals surface area contributed by atoms with E-state index < -0.39 is 0 Å². The van der Waals surface area contributed by atoms with E-state index in [0.29, 0.717) is 11.0 Å². The van der Waals surface area contributed by atoms with Crippen molar-refractivity contribution >= 4 is 11.8 Å². The van der Waals surface area contributed by atoms with Crippen molar-refractivity contribution in [1.29, 1.82) is 0 Å². The smallest absolute Gasteiger partial charge is 0.215 e. The Balaban J connectivity index is 1.97. The van der Waals surface area contributed by atoms with E-state index in [1.807, 2.05) is 38.1 Å². The van der Waals surface area contributed by atoms with Gasteiger partial charge in [0, 0.05) is 11.9 Å². The largest absolute Gasteiger partial charge is 0.253 e. The molecule has 3 rings (SSSR count). The number of aromatic nitrogens is 7. The van der Waals surface area contributed by atoms with Gasteiger partial charge in [-0.2, -0.15) is 0 Å². The molecule has 0 atom stereocenters. The highest BCUT2D eigenvalue weighted by atomic mass is 32.2. The molecule has 0 aromatic carbocycles. The average molecular weight is 327 g/mol. The van der Waals surface area contributed by atoms with Crippen LogP contribution < -0.4 is 0 Å². The van der Waals surface area contributed by atoms with E-state index in [0.717, 1.165) is 22.8 Å². The molecule has 0 unspecified atom stereocenters. The highest BCUT2D eigenvalue weighted by molar-refractivity contribution is 7.99. The van der Waals surface area contributed by atoms with E-state index in [-0.39, 0.29) is 6.04 Å². The minimum atomic E-state index is 0.190. The molecule has 7 nitrogen and oxygen atoms in total. The molecule has 118 valence electrons. The lowest BCUT2D eigenvalue weighted by atomic mass is 10.3. The fourth-order valence-electron chi connectivity index (χ4n) is 1.99. The van der Waals surface area contributed by atoms with Crippen molar-refractivity contribution in [2.24, 2.45) is 0 Å². The summed E-state index contributed by atoms with van der Waals surface area (Å²) < 4.78 is 1.78. The Hall–Kier alpha value is -2.35. The summed E-state index contributed by atoms with van der Waals surface area (Å²) >= 11 is 1.44. The number of hydrogen-bond acceptors (Lipinski definition) is 7. The van der Waals surface area contributed by atoms with Crippen LogP contribution in [0.2, 0.25) is 0 Å². The van der Waals surface area contributed by atoms with Crippen molar-refractivity contribution in [3.05, 3.63) is 36.2 Å². The second-order valence-electron chi connectivity index (χ2n) is 5.19. The Labute approximate surface area is 138 Å². The molecule has 0 fully saturated rings. The minimum absolute atomic E-state index is 0.190. The summed E-state index contributed by atoms with van der Waals surface area (Å²) in [4.78, 5) is 13.5. The third-order valence-corrected chi connectivity index (χ3v) is 4.03. The molecule has 0 radical (unpaired) electrons. The van der Waals surface area contributed by atoms with Gasteiger partial charge in [-0.1, -0.05) is 13.0 Å². The third-order valence-electron chi connectivity index (χ3n) is 3.16. The lowest BCUT2D eigenvalue weighted by Gasteiger charge is -2.08. The van der Waals surface area contributed by atoms with Gasteiger partial charge in [0.2, 0.25) is 5.16 Å². The normalized spacial score (nSPS) is 11.1. The summed E-state index contributed by atoms with van der Waals surface area (Å²) in [6, 6.07) is 7.86. The van der Waals surface area contributed by atoms with Crippen LogP contribution in [0.4, 0.5) is 0 Å². The first-order valence-electron chi connectivity index (χ1n) is 7.42. The zero-order valence-corrected chi connectivity index (χ0v) is 14.0. The van der Waals surface area contributed by atoms with Gasteiger partial charge in [-0.25, -0.2) is 14.6 Å². The summed E-state index contributed by atoms with van der Waals surface area (Å²) in [5.74, 6) is 0.621. The third kappa shape index (κ3) is 3.53. The monoisotopic (exact) mass is 327 g/mol. The predicted molar refractivity (Wildman–Crippen MR) is 87.0 cm³/mol. The predicted octanol–water partition coefficient (Wildman–Crippen LogP) is 2.82. The van der Waals surface area contributed by atoms with Crippen molar-refractivity contribution in [2.75, 3.05) is 0 Å². The molecule has 0 aliphatic carbocycles. The van der Waals surface area contributed by atoms with Crippen LogP contribution in [0.25, 0.3) is 11.5 Å². The Morgan fingerprint density at radius 2 is 2.09 bits per heavy atom. The van der Waals surface area contributed by atoms with Gasteiger partial charge >= 0.3 is 0 Å². The maximum Gasteiger partial charge on any atom is 0.215 e. The minimum Gasteiger partial charge on any atom is -0.253 e. The molecule has 0 saturated carbocycles. The van der Waals surface area contributed by atoms with Crippen LogP contribution in [0.15, 0.2) is 40.6 Å². The molecule has 0 aliphatic heterocycles. The van der Waals surface area contributed by atoms with E-state index in [9.17, 15) is 0 Å². The highest BCUT2D eigenvalue weighted by Gasteiger charge is 2.14. The summed E-state index contributed by atoms with van der Waals surface area (Å²) in [6.45, 7) is 6.14. The molecule has 0 spiro atoms. The first-order chi connectivity index (χ1) is 11.2. The van der Waals surface area contributed by atoms with Crippen LogP contribution in [-0.4, -0.2) is 35.2 Å². The fourth-order valence-corrected chi connectivity index (χ4v) is 2.92. The standard InChI is InChI=1S/C15H17N7S/c1-4-11-9-13(23-15-19-20-21-22(15)10(2)3)18-14(17-11)12-7-5-6-8-16-12/h5-10H,4H2,1-3H3. The Kier molecular flexibility index (Phi) is 4.61. The summed E-state index contributed by atoms with van der Waals surface area (Å²) in [6.07, 6.45) is 2.56. The van der Waals surface area contributed by atoms with Crippen LogP contribution in [0.3, 0.4) is 0 Å². The number of pyridine rings is 1. The van der Waals surface area contributed by atoms with E-state index in [4.69, 9.17) is 0 Å². The average Bonchev–Trinajstić information content (AvgIpc) is 3.03. The van der Waals surface area contributed by atoms with Crippen LogP contribution in [0.5, 0.6) is 0 Å². The van der Waals surface area contributed by atoms with Gasteiger partial charge in [0.15, 0.2) is 5.82 Å².